The number of benzene rings is 3. The first-order valence-corrected chi connectivity index (χ1v) is 11.5. The third-order valence-electron chi connectivity index (χ3n) is 6.70. The Kier molecular flexibility index (Phi) is 5.21. The van der Waals surface area contributed by atoms with Crippen molar-refractivity contribution < 1.29 is 9.47 Å². The molecule has 33 heavy (non-hydrogen) atoms. The molecule has 5 nitrogen and oxygen atoms in total. The molecule has 0 saturated carbocycles. The summed E-state index contributed by atoms with van der Waals surface area (Å²) in [5.41, 5.74) is 3.04. The highest BCUT2D eigenvalue weighted by molar-refractivity contribution is 5.52. The quantitative estimate of drug-likeness (QED) is 0.436. The third kappa shape index (κ3) is 3.54. The van der Waals surface area contributed by atoms with E-state index in [1.807, 2.05) is 6.33 Å². The van der Waals surface area contributed by atoms with Crippen LogP contribution in [0.4, 0.5) is 5.82 Å². The van der Waals surface area contributed by atoms with E-state index in [4.69, 9.17) is 14.5 Å². The van der Waals surface area contributed by atoms with Crippen LogP contribution >= 0.6 is 0 Å². The Balaban J connectivity index is 1.52. The predicted octanol–water partition coefficient (Wildman–Crippen LogP) is 4.33. The lowest BCUT2D eigenvalue weighted by molar-refractivity contribution is -0.144. The first-order valence-electron chi connectivity index (χ1n) is 11.5. The van der Waals surface area contributed by atoms with Gasteiger partial charge < -0.3 is 18.9 Å². The van der Waals surface area contributed by atoms with Crippen molar-refractivity contribution in [2.45, 2.75) is 17.7 Å². The highest BCUT2D eigenvalue weighted by Crippen LogP contribution is 2.41. The second-order valence-corrected chi connectivity index (χ2v) is 8.77. The van der Waals surface area contributed by atoms with Crippen LogP contribution in [-0.2, 0) is 15.0 Å². The fourth-order valence-electron chi connectivity index (χ4n) is 5.27. The van der Waals surface area contributed by atoms with Gasteiger partial charge in [0.25, 0.3) is 0 Å². The molecule has 2 bridgehead atoms. The van der Waals surface area contributed by atoms with Crippen molar-refractivity contribution in [2.24, 2.45) is 0 Å². The van der Waals surface area contributed by atoms with E-state index in [0.29, 0.717) is 13.2 Å². The summed E-state index contributed by atoms with van der Waals surface area (Å²) >= 11 is 0. The molecule has 3 heterocycles. The van der Waals surface area contributed by atoms with Crippen LogP contribution in [0, 0.1) is 0 Å². The van der Waals surface area contributed by atoms with Crippen molar-refractivity contribution in [3.05, 3.63) is 120 Å². The highest BCUT2D eigenvalue weighted by atomic mass is 16.6. The van der Waals surface area contributed by atoms with Gasteiger partial charge in [0.15, 0.2) is 0 Å². The molecule has 3 aromatic carbocycles. The second-order valence-electron chi connectivity index (χ2n) is 8.77. The number of morpholine rings is 1. The molecule has 2 saturated heterocycles. The van der Waals surface area contributed by atoms with Crippen molar-refractivity contribution in [3.8, 4) is 0 Å². The average molecular weight is 438 g/mol. The summed E-state index contributed by atoms with van der Waals surface area (Å²) in [5.74, 6) is 0.974. The molecule has 0 radical (unpaired) electrons. The minimum absolute atomic E-state index is 0.102. The smallest absolute Gasteiger partial charge is 0.146 e. The molecule has 2 aliphatic rings. The van der Waals surface area contributed by atoms with Gasteiger partial charge in [-0.15, -0.1) is 0 Å². The average Bonchev–Trinajstić information content (AvgIpc) is 3.37. The number of aromatic nitrogens is 2. The summed E-state index contributed by atoms with van der Waals surface area (Å²) < 4.78 is 14.0. The zero-order valence-corrected chi connectivity index (χ0v) is 18.5. The molecule has 5 heteroatoms. The number of ether oxygens (including phenoxy) is 2. The minimum atomic E-state index is -0.541. The second kappa shape index (κ2) is 8.50. The maximum Gasteiger partial charge on any atom is 0.146 e. The van der Waals surface area contributed by atoms with Crippen molar-refractivity contribution in [1.29, 1.82) is 0 Å². The van der Waals surface area contributed by atoms with E-state index in [-0.39, 0.29) is 12.2 Å². The van der Waals surface area contributed by atoms with Crippen LogP contribution in [0.2, 0.25) is 0 Å². The highest BCUT2D eigenvalue weighted by Gasteiger charge is 2.39. The molecule has 2 atom stereocenters. The zero-order chi connectivity index (χ0) is 22.1. The molecular weight excluding hydrogens is 410 g/mol. The molecule has 0 spiro atoms. The van der Waals surface area contributed by atoms with Gasteiger partial charge in [0, 0.05) is 19.3 Å². The number of rotatable bonds is 5. The zero-order valence-electron chi connectivity index (χ0n) is 18.5. The van der Waals surface area contributed by atoms with Crippen LogP contribution < -0.4 is 4.90 Å². The first-order chi connectivity index (χ1) is 16.3. The van der Waals surface area contributed by atoms with E-state index >= 15 is 0 Å². The van der Waals surface area contributed by atoms with Gasteiger partial charge in [-0.1, -0.05) is 91.0 Å². The lowest BCUT2D eigenvalue weighted by Gasteiger charge is -2.41. The number of hydrogen-bond donors (Lipinski definition) is 0. The van der Waals surface area contributed by atoms with Gasteiger partial charge in [-0.05, 0) is 16.7 Å². The van der Waals surface area contributed by atoms with Crippen LogP contribution in [0.5, 0.6) is 0 Å². The fourth-order valence-corrected chi connectivity index (χ4v) is 5.27. The van der Waals surface area contributed by atoms with Crippen LogP contribution in [-0.4, -0.2) is 48.1 Å². The van der Waals surface area contributed by atoms with Gasteiger partial charge in [-0.2, -0.15) is 0 Å². The molecule has 0 amide bonds. The molecule has 1 aromatic heterocycles. The Morgan fingerprint density at radius 1 is 0.697 bits per heavy atom. The molecule has 6 rings (SSSR count). The van der Waals surface area contributed by atoms with E-state index in [2.05, 4.69) is 107 Å². The molecule has 2 aliphatic heterocycles. The summed E-state index contributed by atoms with van der Waals surface area (Å²) in [6, 6.07) is 32.1. The Labute approximate surface area is 194 Å². The molecule has 4 aromatic rings. The first kappa shape index (κ1) is 20.2. The Hall–Kier alpha value is -3.41. The normalized spacial score (nSPS) is 20.5. The largest absolute Gasteiger partial charge is 0.376 e. The lowest BCUT2D eigenvalue weighted by atomic mass is 9.77. The van der Waals surface area contributed by atoms with Crippen LogP contribution in [0.1, 0.15) is 16.7 Å². The summed E-state index contributed by atoms with van der Waals surface area (Å²) in [6.07, 6.45) is 4.37. The molecular formula is C28H27N3O2. The molecule has 0 N–H and O–H groups in total. The molecule has 2 fully saturated rings. The number of fused-ring (bicyclic) bond motifs is 2. The van der Waals surface area contributed by atoms with Gasteiger partial charge in [0.05, 0.1) is 31.7 Å². The molecule has 166 valence electrons. The maximum absolute atomic E-state index is 6.05. The van der Waals surface area contributed by atoms with Gasteiger partial charge in [-0.25, -0.2) is 4.98 Å². The Bertz CT molecular complexity index is 1080. The van der Waals surface area contributed by atoms with Crippen molar-refractivity contribution in [1.82, 2.24) is 9.55 Å². The standard InChI is InChI=1S/C28H27N3O2/c1-4-10-22(11-5-1)28(23-12-6-2-7-13-23,24-14-8-3-9-15-24)31-18-27(29-21-31)30-16-25-19-32-20-26(17-30)33-25/h1-15,18,21,25-26H,16-17,19-20H2. The number of nitrogens with zero attached hydrogens (tertiary/aromatic N) is 3. The summed E-state index contributed by atoms with van der Waals surface area (Å²) in [6.45, 7) is 2.89. The monoisotopic (exact) mass is 437 g/mol. The Morgan fingerprint density at radius 2 is 1.18 bits per heavy atom. The summed E-state index contributed by atoms with van der Waals surface area (Å²) in [4.78, 5) is 7.24. The van der Waals surface area contributed by atoms with Crippen molar-refractivity contribution in [2.75, 3.05) is 31.2 Å². The van der Waals surface area contributed by atoms with E-state index in [9.17, 15) is 0 Å². The summed E-state index contributed by atoms with van der Waals surface area (Å²) in [7, 11) is 0. The van der Waals surface area contributed by atoms with E-state index in [1.54, 1.807) is 0 Å². The van der Waals surface area contributed by atoms with Gasteiger partial charge in [0.1, 0.15) is 11.4 Å². The fraction of sp³-hybridized carbons (Fsp3) is 0.250. The van der Waals surface area contributed by atoms with Crippen molar-refractivity contribution in [3.63, 3.8) is 0 Å². The van der Waals surface area contributed by atoms with E-state index in [1.165, 1.54) is 16.7 Å². The minimum Gasteiger partial charge on any atom is -0.376 e. The number of hydrogen-bond acceptors (Lipinski definition) is 4. The Morgan fingerprint density at radius 3 is 1.67 bits per heavy atom. The SMILES string of the molecule is c1ccc(C(c2ccccc2)(c2ccccc2)n2cnc(N3CC4COCC(C3)O4)c2)cc1. The molecule has 2 unspecified atom stereocenters. The predicted molar refractivity (Wildman–Crippen MR) is 129 cm³/mol. The van der Waals surface area contributed by atoms with Crippen LogP contribution in [0.15, 0.2) is 104 Å². The van der Waals surface area contributed by atoms with Crippen LogP contribution in [0.3, 0.4) is 0 Å². The maximum atomic E-state index is 6.05. The molecule has 0 aliphatic carbocycles. The van der Waals surface area contributed by atoms with Gasteiger partial charge >= 0.3 is 0 Å². The van der Waals surface area contributed by atoms with Gasteiger partial charge in [0.2, 0.25) is 0 Å². The van der Waals surface area contributed by atoms with E-state index < -0.39 is 5.54 Å². The number of anilines is 1. The van der Waals surface area contributed by atoms with Crippen molar-refractivity contribution >= 4 is 5.82 Å². The van der Waals surface area contributed by atoms with Gasteiger partial charge in [-0.3, -0.25) is 0 Å². The lowest BCUT2D eigenvalue weighted by Crippen LogP contribution is -2.54. The third-order valence-corrected chi connectivity index (χ3v) is 6.70. The van der Waals surface area contributed by atoms with E-state index in [0.717, 1.165) is 18.9 Å². The topological polar surface area (TPSA) is 39.5 Å². The summed E-state index contributed by atoms with van der Waals surface area (Å²) in [5, 5.41) is 0. The van der Waals surface area contributed by atoms with Crippen LogP contribution in [0.25, 0.3) is 0 Å². The number of imidazole rings is 1.